The summed E-state index contributed by atoms with van der Waals surface area (Å²) in [7, 11) is 1.61. The van der Waals surface area contributed by atoms with Gasteiger partial charge in [0.25, 0.3) is 0 Å². The molecule has 1 aliphatic rings. The van der Waals surface area contributed by atoms with Gasteiger partial charge in [-0.3, -0.25) is 14.7 Å². The van der Waals surface area contributed by atoms with Crippen molar-refractivity contribution in [1.29, 1.82) is 0 Å². The molecule has 3 rings (SSSR count). The van der Waals surface area contributed by atoms with Crippen LogP contribution in [0.25, 0.3) is 0 Å². The highest BCUT2D eigenvalue weighted by Crippen LogP contribution is 2.38. The van der Waals surface area contributed by atoms with Gasteiger partial charge in [-0.25, -0.2) is 0 Å². The molecule has 1 fully saturated rings. The number of ether oxygens (including phenoxy) is 2. The van der Waals surface area contributed by atoms with E-state index in [1.165, 1.54) is 0 Å². The van der Waals surface area contributed by atoms with Crippen molar-refractivity contribution in [3.63, 3.8) is 0 Å². The summed E-state index contributed by atoms with van der Waals surface area (Å²) in [6, 6.07) is 8.94. The number of carboxylic acid groups (broad SMARTS) is 1. The second-order valence-electron chi connectivity index (χ2n) is 6.27. The highest BCUT2D eigenvalue weighted by Gasteiger charge is 2.37. The van der Waals surface area contributed by atoms with Gasteiger partial charge >= 0.3 is 5.97 Å². The number of hydrogen-bond acceptors (Lipinski definition) is 5. The van der Waals surface area contributed by atoms with Crippen LogP contribution < -0.4 is 9.47 Å². The summed E-state index contributed by atoms with van der Waals surface area (Å²) >= 11 is 0. The molecule has 1 aromatic carbocycles. The van der Waals surface area contributed by atoms with Crippen LogP contribution in [0.4, 0.5) is 0 Å². The summed E-state index contributed by atoms with van der Waals surface area (Å²) < 4.78 is 11.1. The van der Waals surface area contributed by atoms with Crippen molar-refractivity contribution >= 4 is 5.97 Å². The number of nitrogens with zero attached hydrogens (tertiary/aromatic N) is 2. The molecule has 0 saturated carbocycles. The second-order valence-corrected chi connectivity index (χ2v) is 6.27. The molecule has 1 N–H and O–H groups in total. The molecule has 2 atom stereocenters. The molecule has 0 bridgehead atoms. The monoisotopic (exact) mass is 356 g/mol. The Hall–Kier alpha value is -2.60. The van der Waals surface area contributed by atoms with Crippen molar-refractivity contribution in [2.75, 3.05) is 20.3 Å². The van der Waals surface area contributed by atoms with Gasteiger partial charge in [0.15, 0.2) is 11.5 Å². The Bertz CT molecular complexity index is 751. The number of hydrogen-bond donors (Lipinski definition) is 1. The first-order valence-corrected chi connectivity index (χ1v) is 8.85. The molecule has 1 aromatic heterocycles. The first-order valence-electron chi connectivity index (χ1n) is 8.85. The van der Waals surface area contributed by atoms with Gasteiger partial charge in [0.2, 0.25) is 0 Å². The number of aliphatic carboxylic acids is 1. The van der Waals surface area contributed by atoms with Crippen molar-refractivity contribution in [1.82, 2.24) is 9.88 Å². The third-order valence-corrected chi connectivity index (χ3v) is 4.71. The van der Waals surface area contributed by atoms with Crippen molar-refractivity contribution in [2.24, 2.45) is 0 Å². The largest absolute Gasteiger partial charge is 0.493 e. The van der Waals surface area contributed by atoms with Gasteiger partial charge < -0.3 is 14.6 Å². The number of benzene rings is 1. The molecule has 0 aliphatic carbocycles. The molecular formula is C20H24N2O4. The second kappa shape index (κ2) is 8.19. The molecule has 6 nitrogen and oxygen atoms in total. The van der Waals surface area contributed by atoms with E-state index in [0.29, 0.717) is 24.5 Å². The molecular weight excluding hydrogens is 332 g/mol. The molecule has 2 heterocycles. The van der Waals surface area contributed by atoms with E-state index in [1.54, 1.807) is 19.5 Å². The van der Waals surface area contributed by atoms with Crippen LogP contribution in [-0.4, -0.2) is 47.3 Å². The van der Waals surface area contributed by atoms with E-state index in [2.05, 4.69) is 4.98 Å². The van der Waals surface area contributed by atoms with Gasteiger partial charge in [-0.15, -0.1) is 0 Å². The molecule has 0 amide bonds. The number of likely N-dealkylation sites (tertiary alicyclic amines) is 1. The topological polar surface area (TPSA) is 71.9 Å². The summed E-state index contributed by atoms with van der Waals surface area (Å²) in [6.07, 6.45) is 5.04. The molecule has 2 unspecified atom stereocenters. The fraction of sp³-hybridized carbons (Fsp3) is 0.400. The van der Waals surface area contributed by atoms with Gasteiger partial charge in [0, 0.05) is 18.9 Å². The molecule has 0 spiro atoms. The summed E-state index contributed by atoms with van der Waals surface area (Å²) in [6.45, 7) is 3.18. The number of aromatic nitrogens is 1. The van der Waals surface area contributed by atoms with E-state index in [1.807, 2.05) is 42.2 Å². The predicted octanol–water partition coefficient (Wildman–Crippen LogP) is 3.13. The van der Waals surface area contributed by atoms with Gasteiger partial charge in [-0.2, -0.15) is 0 Å². The van der Waals surface area contributed by atoms with Crippen molar-refractivity contribution in [2.45, 2.75) is 31.8 Å². The lowest BCUT2D eigenvalue weighted by molar-refractivity contribution is -0.142. The Morgan fingerprint density at radius 3 is 2.85 bits per heavy atom. The lowest BCUT2D eigenvalue weighted by Gasteiger charge is -2.32. The normalized spacial score (nSPS) is 18.5. The number of carboxylic acids is 1. The maximum Gasteiger partial charge on any atom is 0.320 e. The zero-order valence-corrected chi connectivity index (χ0v) is 15.1. The number of carbonyl (C=O) groups is 1. The maximum atomic E-state index is 11.7. The summed E-state index contributed by atoms with van der Waals surface area (Å²) in [5.41, 5.74) is 1.93. The highest BCUT2D eigenvalue weighted by atomic mass is 16.5. The van der Waals surface area contributed by atoms with Crippen LogP contribution in [0.3, 0.4) is 0 Å². The van der Waals surface area contributed by atoms with Crippen LogP contribution in [0.2, 0.25) is 0 Å². The highest BCUT2D eigenvalue weighted by molar-refractivity contribution is 5.74. The van der Waals surface area contributed by atoms with Gasteiger partial charge in [-0.1, -0.05) is 12.1 Å². The minimum Gasteiger partial charge on any atom is -0.493 e. The van der Waals surface area contributed by atoms with E-state index < -0.39 is 12.0 Å². The summed E-state index contributed by atoms with van der Waals surface area (Å²) in [5.74, 6) is 0.541. The van der Waals surface area contributed by atoms with Crippen molar-refractivity contribution in [3.05, 3.63) is 53.9 Å². The Kier molecular flexibility index (Phi) is 5.73. The number of rotatable bonds is 7. The molecule has 138 valence electrons. The van der Waals surface area contributed by atoms with E-state index in [4.69, 9.17) is 9.47 Å². The fourth-order valence-corrected chi connectivity index (χ4v) is 3.61. The lowest BCUT2D eigenvalue weighted by Crippen LogP contribution is -2.39. The minimum atomic E-state index is -0.782. The molecule has 26 heavy (non-hydrogen) atoms. The number of methoxy groups -OCH3 is 1. The number of pyridine rings is 1. The van der Waals surface area contributed by atoms with Gasteiger partial charge in [0.05, 0.1) is 19.8 Å². The van der Waals surface area contributed by atoms with Crippen LogP contribution in [0, 0.1) is 0 Å². The smallest absolute Gasteiger partial charge is 0.320 e. The summed E-state index contributed by atoms with van der Waals surface area (Å²) in [4.78, 5) is 18.0. The van der Waals surface area contributed by atoms with E-state index >= 15 is 0 Å². The standard InChI is InChI=1S/C20H24N2O4/c1-3-26-18-12-14(8-9-17(18)25-2)19(15-6-4-10-21-13-15)22-11-5-7-16(22)20(23)24/h4,6,8-10,12-13,16,19H,3,5,7,11H2,1-2H3,(H,23,24). The molecule has 1 aliphatic heterocycles. The first-order chi connectivity index (χ1) is 12.7. The van der Waals surface area contributed by atoms with Crippen molar-refractivity contribution in [3.8, 4) is 11.5 Å². The van der Waals surface area contributed by atoms with Crippen LogP contribution in [-0.2, 0) is 4.79 Å². The molecule has 6 heteroatoms. The lowest BCUT2D eigenvalue weighted by atomic mass is 9.97. The summed E-state index contributed by atoms with van der Waals surface area (Å²) in [5, 5.41) is 9.65. The minimum absolute atomic E-state index is 0.197. The van der Waals surface area contributed by atoms with E-state index in [0.717, 1.165) is 24.1 Å². The Morgan fingerprint density at radius 1 is 1.35 bits per heavy atom. The van der Waals surface area contributed by atoms with Crippen LogP contribution in [0.15, 0.2) is 42.7 Å². The Balaban J connectivity index is 2.07. The third kappa shape index (κ3) is 3.65. The zero-order chi connectivity index (χ0) is 18.5. The average molecular weight is 356 g/mol. The van der Waals surface area contributed by atoms with Gasteiger partial charge in [0.1, 0.15) is 6.04 Å². The maximum absolute atomic E-state index is 11.7. The first kappa shape index (κ1) is 18.2. The van der Waals surface area contributed by atoms with Gasteiger partial charge in [-0.05, 0) is 49.1 Å². The third-order valence-electron chi connectivity index (χ3n) is 4.71. The van der Waals surface area contributed by atoms with E-state index in [-0.39, 0.29) is 6.04 Å². The fourth-order valence-electron chi connectivity index (χ4n) is 3.61. The van der Waals surface area contributed by atoms with Crippen LogP contribution in [0.1, 0.15) is 36.9 Å². The molecule has 1 saturated heterocycles. The van der Waals surface area contributed by atoms with E-state index in [9.17, 15) is 9.90 Å². The Morgan fingerprint density at radius 2 is 2.19 bits per heavy atom. The average Bonchev–Trinajstić information content (AvgIpc) is 3.13. The zero-order valence-electron chi connectivity index (χ0n) is 15.1. The Labute approximate surface area is 153 Å². The molecule has 0 radical (unpaired) electrons. The van der Waals surface area contributed by atoms with Crippen LogP contribution >= 0.6 is 0 Å². The SMILES string of the molecule is CCOc1cc(C(c2cccnc2)N2CCCC2C(=O)O)ccc1OC. The van der Waals surface area contributed by atoms with Crippen LogP contribution in [0.5, 0.6) is 11.5 Å². The quantitative estimate of drug-likeness (QED) is 0.822. The predicted molar refractivity (Wildman–Crippen MR) is 97.6 cm³/mol. The van der Waals surface area contributed by atoms with Crippen molar-refractivity contribution < 1.29 is 19.4 Å². The molecule has 2 aromatic rings.